The third kappa shape index (κ3) is 4.15. The molecule has 1 N–H and O–H groups in total. The lowest BCUT2D eigenvalue weighted by Crippen LogP contribution is -2.28. The molecule has 0 aliphatic carbocycles. The zero-order valence-electron chi connectivity index (χ0n) is 15.3. The van der Waals surface area contributed by atoms with Gasteiger partial charge in [-0.3, -0.25) is 14.6 Å². The Morgan fingerprint density at radius 1 is 1.17 bits per heavy atom. The van der Waals surface area contributed by atoms with Crippen molar-refractivity contribution in [2.45, 2.75) is 12.6 Å². The van der Waals surface area contributed by atoms with E-state index in [-0.39, 0.29) is 23.8 Å². The maximum absolute atomic E-state index is 12.9. The molecule has 0 bridgehead atoms. The lowest BCUT2D eigenvalue weighted by molar-refractivity contribution is -0.137. The van der Waals surface area contributed by atoms with Gasteiger partial charge in [0.25, 0.3) is 0 Å². The van der Waals surface area contributed by atoms with Crippen LogP contribution in [0.25, 0.3) is 10.7 Å². The van der Waals surface area contributed by atoms with Crippen LogP contribution in [0.3, 0.4) is 0 Å². The molecule has 1 saturated heterocycles. The Kier molecular flexibility index (Phi) is 5.20. The van der Waals surface area contributed by atoms with Crippen LogP contribution in [0.2, 0.25) is 0 Å². The van der Waals surface area contributed by atoms with Gasteiger partial charge in [-0.15, -0.1) is 10.2 Å². The first-order valence-corrected chi connectivity index (χ1v) is 9.66. The molecule has 3 aromatic rings. The third-order valence-electron chi connectivity index (χ3n) is 4.52. The summed E-state index contributed by atoms with van der Waals surface area (Å²) in [6.45, 7) is -0.0160. The molecular weight excluding hydrogens is 419 g/mol. The predicted molar refractivity (Wildman–Crippen MR) is 104 cm³/mol. The average molecular weight is 433 g/mol. The van der Waals surface area contributed by atoms with Crippen molar-refractivity contribution in [3.8, 4) is 10.7 Å². The van der Waals surface area contributed by atoms with E-state index < -0.39 is 29.5 Å². The summed E-state index contributed by atoms with van der Waals surface area (Å²) in [5, 5.41) is 11.3. The van der Waals surface area contributed by atoms with Gasteiger partial charge in [0.1, 0.15) is 5.69 Å². The Morgan fingerprint density at radius 3 is 2.73 bits per heavy atom. The van der Waals surface area contributed by atoms with Gasteiger partial charge in [-0.05, 0) is 30.3 Å². The van der Waals surface area contributed by atoms with Crippen molar-refractivity contribution in [3.63, 3.8) is 0 Å². The summed E-state index contributed by atoms with van der Waals surface area (Å²) >= 11 is 1.14. The zero-order valence-corrected chi connectivity index (χ0v) is 16.1. The number of nitrogens with one attached hydrogen (secondary N) is 1. The zero-order chi connectivity index (χ0) is 21.3. The fraction of sp³-hybridized carbons (Fsp3) is 0.211. The lowest BCUT2D eigenvalue weighted by atomic mass is 10.1. The number of pyridine rings is 1. The largest absolute Gasteiger partial charge is 0.416 e. The van der Waals surface area contributed by atoms with Gasteiger partial charge in [0.05, 0.1) is 11.5 Å². The minimum Gasteiger partial charge on any atom is -0.312 e. The van der Waals surface area contributed by atoms with Crippen molar-refractivity contribution in [2.75, 3.05) is 16.8 Å². The number of hydrogen-bond donors (Lipinski definition) is 1. The number of hydrogen-bond acceptors (Lipinski definition) is 6. The summed E-state index contributed by atoms with van der Waals surface area (Å²) in [6.07, 6.45) is -3.01. The first-order valence-electron chi connectivity index (χ1n) is 8.84. The summed E-state index contributed by atoms with van der Waals surface area (Å²) in [4.78, 5) is 30.2. The van der Waals surface area contributed by atoms with Gasteiger partial charge in [-0.1, -0.05) is 23.5 Å². The molecule has 2 aromatic heterocycles. The minimum atomic E-state index is -4.52. The lowest BCUT2D eigenvalue weighted by Gasteiger charge is -2.18. The van der Waals surface area contributed by atoms with Crippen LogP contribution < -0.4 is 10.2 Å². The van der Waals surface area contributed by atoms with E-state index in [4.69, 9.17) is 0 Å². The van der Waals surface area contributed by atoms with E-state index in [1.165, 1.54) is 17.0 Å². The SMILES string of the molecule is O=C(Nc1nnc(-c2ccccn2)s1)C1CC(=O)N(c2cccc(C(F)(F)F)c2)C1. The highest BCUT2D eigenvalue weighted by Crippen LogP contribution is 2.34. The van der Waals surface area contributed by atoms with Gasteiger partial charge in [0, 0.05) is 24.8 Å². The fourth-order valence-electron chi connectivity index (χ4n) is 3.06. The van der Waals surface area contributed by atoms with Gasteiger partial charge in [-0.25, -0.2) is 0 Å². The molecule has 1 aliphatic rings. The number of rotatable bonds is 4. The molecule has 11 heteroatoms. The van der Waals surface area contributed by atoms with Crippen LogP contribution in [0.4, 0.5) is 24.0 Å². The standard InChI is InChI=1S/C19H14F3N5O2S/c20-19(21,22)12-4-3-5-13(9-12)27-10-11(8-15(27)28)16(29)24-18-26-25-17(30-18)14-6-1-2-7-23-14/h1-7,9,11H,8,10H2,(H,24,26,29). The highest BCUT2D eigenvalue weighted by atomic mass is 32.1. The molecule has 1 unspecified atom stereocenters. The van der Waals surface area contributed by atoms with E-state index in [1.807, 2.05) is 0 Å². The molecule has 1 fully saturated rings. The van der Waals surface area contributed by atoms with Gasteiger partial charge in [0.2, 0.25) is 16.9 Å². The molecule has 1 aliphatic heterocycles. The van der Waals surface area contributed by atoms with Gasteiger partial charge >= 0.3 is 6.18 Å². The number of amides is 2. The number of nitrogens with zero attached hydrogens (tertiary/aromatic N) is 4. The molecule has 3 heterocycles. The van der Waals surface area contributed by atoms with Crippen LogP contribution in [-0.4, -0.2) is 33.5 Å². The molecule has 0 saturated carbocycles. The van der Waals surface area contributed by atoms with Crippen molar-refractivity contribution in [1.82, 2.24) is 15.2 Å². The van der Waals surface area contributed by atoms with E-state index >= 15 is 0 Å². The fourth-order valence-corrected chi connectivity index (χ4v) is 3.78. The summed E-state index contributed by atoms with van der Waals surface area (Å²) < 4.78 is 38.8. The molecule has 1 atom stereocenters. The molecular formula is C19H14F3N5O2S. The van der Waals surface area contributed by atoms with E-state index in [2.05, 4.69) is 20.5 Å². The number of halogens is 3. The monoisotopic (exact) mass is 433 g/mol. The Morgan fingerprint density at radius 2 is 2.00 bits per heavy atom. The summed E-state index contributed by atoms with van der Waals surface area (Å²) in [6, 6.07) is 9.81. The van der Waals surface area contributed by atoms with Gasteiger partial charge < -0.3 is 10.2 Å². The van der Waals surface area contributed by atoms with E-state index in [0.717, 1.165) is 23.5 Å². The van der Waals surface area contributed by atoms with Crippen molar-refractivity contribution in [1.29, 1.82) is 0 Å². The van der Waals surface area contributed by atoms with Crippen molar-refractivity contribution in [2.24, 2.45) is 5.92 Å². The second kappa shape index (κ2) is 7.82. The predicted octanol–water partition coefficient (Wildman–Crippen LogP) is 3.61. The molecule has 0 spiro atoms. The summed E-state index contributed by atoms with van der Waals surface area (Å²) in [5.74, 6) is -1.57. The molecule has 154 valence electrons. The molecule has 2 amide bonds. The van der Waals surface area contributed by atoms with E-state index in [9.17, 15) is 22.8 Å². The third-order valence-corrected chi connectivity index (χ3v) is 5.38. The van der Waals surface area contributed by atoms with Crippen LogP contribution in [0.5, 0.6) is 0 Å². The number of benzene rings is 1. The van der Waals surface area contributed by atoms with Crippen LogP contribution >= 0.6 is 11.3 Å². The smallest absolute Gasteiger partial charge is 0.312 e. The number of carbonyl (C=O) groups is 2. The van der Waals surface area contributed by atoms with Crippen molar-refractivity contribution in [3.05, 3.63) is 54.2 Å². The quantitative estimate of drug-likeness (QED) is 0.679. The number of anilines is 2. The molecule has 1 aromatic carbocycles. The van der Waals surface area contributed by atoms with Crippen LogP contribution in [0.15, 0.2) is 48.7 Å². The second-order valence-corrected chi connectivity index (χ2v) is 7.55. The van der Waals surface area contributed by atoms with E-state index in [0.29, 0.717) is 10.7 Å². The second-order valence-electron chi connectivity index (χ2n) is 6.57. The highest BCUT2D eigenvalue weighted by Gasteiger charge is 2.37. The molecule has 7 nitrogen and oxygen atoms in total. The molecule has 4 rings (SSSR count). The normalized spacial score (nSPS) is 16.7. The van der Waals surface area contributed by atoms with Gasteiger partial charge in [0.15, 0.2) is 5.01 Å². The Balaban J connectivity index is 1.44. The Hall–Kier alpha value is -3.34. The average Bonchev–Trinajstić information content (AvgIpc) is 3.35. The maximum atomic E-state index is 12.9. The van der Waals surface area contributed by atoms with Crippen molar-refractivity contribution >= 4 is 34.0 Å². The van der Waals surface area contributed by atoms with Crippen molar-refractivity contribution < 1.29 is 22.8 Å². The number of aromatic nitrogens is 3. The van der Waals surface area contributed by atoms with Gasteiger partial charge in [-0.2, -0.15) is 13.2 Å². The van der Waals surface area contributed by atoms with Crippen LogP contribution in [-0.2, 0) is 15.8 Å². The molecule has 30 heavy (non-hydrogen) atoms. The summed E-state index contributed by atoms with van der Waals surface area (Å²) in [7, 11) is 0. The van der Waals surface area contributed by atoms with Crippen LogP contribution in [0.1, 0.15) is 12.0 Å². The first-order chi connectivity index (χ1) is 14.3. The van der Waals surface area contributed by atoms with E-state index in [1.54, 1.807) is 24.4 Å². The highest BCUT2D eigenvalue weighted by molar-refractivity contribution is 7.18. The number of alkyl halides is 3. The maximum Gasteiger partial charge on any atom is 0.416 e. The van der Waals surface area contributed by atoms with Crippen LogP contribution in [0, 0.1) is 5.92 Å². The first kappa shape index (κ1) is 20.0. The molecule has 0 radical (unpaired) electrons. The Labute approximate surface area is 172 Å². The topological polar surface area (TPSA) is 88.1 Å². The Bertz CT molecular complexity index is 1090. The minimum absolute atomic E-state index is 0.0160. The summed E-state index contributed by atoms with van der Waals surface area (Å²) in [5.41, 5.74) is -0.127. The number of carbonyl (C=O) groups excluding carboxylic acids is 2.